The third-order valence-electron chi connectivity index (χ3n) is 3.12. The van der Waals surface area contributed by atoms with Gasteiger partial charge in [0, 0.05) is 25.5 Å². The highest BCUT2D eigenvalue weighted by molar-refractivity contribution is 5.85. The van der Waals surface area contributed by atoms with Crippen molar-refractivity contribution < 1.29 is 4.79 Å². The first-order chi connectivity index (χ1) is 10.3. The predicted molar refractivity (Wildman–Crippen MR) is 90.7 cm³/mol. The number of carbonyl (C=O) groups excluding carboxylic acids is 1. The molecule has 0 aliphatic heterocycles. The molecule has 5 nitrogen and oxygen atoms in total. The quantitative estimate of drug-likeness (QED) is 0.730. The molecule has 0 bridgehead atoms. The average molecular weight is 323 g/mol. The maximum absolute atomic E-state index is 11.8. The molecule has 0 unspecified atom stereocenters. The average Bonchev–Trinajstić information content (AvgIpc) is 3.02. The van der Waals surface area contributed by atoms with Crippen molar-refractivity contribution in [2.75, 3.05) is 19.6 Å². The number of aromatic nitrogens is 2. The van der Waals surface area contributed by atoms with Crippen molar-refractivity contribution in [3.63, 3.8) is 0 Å². The third kappa shape index (κ3) is 5.87. The van der Waals surface area contributed by atoms with Crippen LogP contribution in [0.25, 0.3) is 5.69 Å². The monoisotopic (exact) mass is 322 g/mol. The van der Waals surface area contributed by atoms with Gasteiger partial charge in [0.25, 0.3) is 0 Å². The Kier molecular flexibility index (Phi) is 8.25. The number of nitrogens with zero attached hydrogens (tertiary/aromatic N) is 2. The van der Waals surface area contributed by atoms with E-state index in [1.807, 2.05) is 36.5 Å². The first kappa shape index (κ1) is 18.2. The van der Waals surface area contributed by atoms with Crippen molar-refractivity contribution in [2.24, 2.45) is 0 Å². The van der Waals surface area contributed by atoms with Crippen LogP contribution in [0.3, 0.4) is 0 Å². The van der Waals surface area contributed by atoms with Gasteiger partial charge in [-0.15, -0.1) is 12.4 Å². The van der Waals surface area contributed by atoms with Crippen LogP contribution >= 0.6 is 12.4 Å². The molecule has 0 aliphatic rings. The topological polar surface area (TPSA) is 58.9 Å². The van der Waals surface area contributed by atoms with E-state index in [1.54, 1.807) is 10.9 Å². The van der Waals surface area contributed by atoms with Gasteiger partial charge in [0.15, 0.2) is 0 Å². The van der Waals surface area contributed by atoms with E-state index < -0.39 is 0 Å². The van der Waals surface area contributed by atoms with E-state index in [1.165, 1.54) is 0 Å². The molecule has 22 heavy (non-hydrogen) atoms. The lowest BCUT2D eigenvalue weighted by atomic mass is 10.1. The van der Waals surface area contributed by atoms with Gasteiger partial charge in [-0.3, -0.25) is 4.79 Å². The van der Waals surface area contributed by atoms with Crippen LogP contribution in [0.15, 0.2) is 42.7 Å². The molecule has 2 rings (SSSR count). The second-order valence-electron chi connectivity index (χ2n) is 4.89. The van der Waals surface area contributed by atoms with Crippen molar-refractivity contribution in [1.29, 1.82) is 0 Å². The Labute approximate surface area is 137 Å². The van der Waals surface area contributed by atoms with Crippen LogP contribution in [-0.2, 0) is 11.2 Å². The molecule has 0 atom stereocenters. The van der Waals surface area contributed by atoms with E-state index >= 15 is 0 Å². The SMILES string of the molecule is CCCNCCNC(=O)Cc1ccc(-n2cccn2)cc1.Cl. The van der Waals surface area contributed by atoms with E-state index in [0.717, 1.165) is 30.8 Å². The van der Waals surface area contributed by atoms with E-state index in [4.69, 9.17) is 0 Å². The molecule has 1 heterocycles. The van der Waals surface area contributed by atoms with Crippen molar-refractivity contribution >= 4 is 18.3 Å². The molecule has 0 spiro atoms. The van der Waals surface area contributed by atoms with Crippen LogP contribution in [0.2, 0.25) is 0 Å². The summed E-state index contributed by atoms with van der Waals surface area (Å²) in [7, 11) is 0. The second-order valence-corrected chi connectivity index (χ2v) is 4.89. The van der Waals surface area contributed by atoms with Crippen molar-refractivity contribution in [2.45, 2.75) is 19.8 Å². The third-order valence-corrected chi connectivity index (χ3v) is 3.12. The number of hydrogen-bond acceptors (Lipinski definition) is 3. The summed E-state index contributed by atoms with van der Waals surface area (Å²) >= 11 is 0. The normalized spacial score (nSPS) is 10.0. The van der Waals surface area contributed by atoms with Crippen LogP contribution in [0.4, 0.5) is 0 Å². The number of halogens is 1. The minimum Gasteiger partial charge on any atom is -0.355 e. The van der Waals surface area contributed by atoms with Gasteiger partial charge < -0.3 is 10.6 Å². The zero-order valence-electron chi connectivity index (χ0n) is 12.8. The van der Waals surface area contributed by atoms with Crippen molar-refractivity contribution in [3.8, 4) is 5.69 Å². The van der Waals surface area contributed by atoms with Gasteiger partial charge in [-0.1, -0.05) is 19.1 Å². The zero-order valence-corrected chi connectivity index (χ0v) is 13.6. The number of carbonyl (C=O) groups is 1. The minimum absolute atomic E-state index is 0. The molecule has 0 saturated carbocycles. The molecule has 2 N–H and O–H groups in total. The van der Waals surface area contributed by atoms with Crippen LogP contribution < -0.4 is 10.6 Å². The summed E-state index contributed by atoms with van der Waals surface area (Å²) in [6, 6.07) is 9.75. The Morgan fingerprint density at radius 1 is 1.18 bits per heavy atom. The Bertz CT molecular complexity index is 540. The highest BCUT2D eigenvalue weighted by Crippen LogP contribution is 2.09. The predicted octanol–water partition coefficient (Wildman–Crippen LogP) is 1.95. The Morgan fingerprint density at radius 2 is 1.95 bits per heavy atom. The van der Waals surface area contributed by atoms with Gasteiger partial charge in [-0.05, 0) is 36.7 Å². The van der Waals surface area contributed by atoms with E-state index in [-0.39, 0.29) is 18.3 Å². The molecule has 6 heteroatoms. The Morgan fingerprint density at radius 3 is 2.59 bits per heavy atom. The highest BCUT2D eigenvalue weighted by Gasteiger charge is 2.03. The number of rotatable bonds is 8. The molecule has 2 aromatic rings. The molecule has 0 radical (unpaired) electrons. The smallest absolute Gasteiger partial charge is 0.224 e. The molecule has 1 aromatic carbocycles. The molecule has 120 valence electrons. The summed E-state index contributed by atoms with van der Waals surface area (Å²) in [6.07, 6.45) is 5.16. The first-order valence-corrected chi connectivity index (χ1v) is 7.36. The van der Waals surface area contributed by atoms with E-state index in [9.17, 15) is 4.79 Å². The standard InChI is InChI=1S/C16H22N4O.ClH/c1-2-8-17-10-11-18-16(21)13-14-4-6-15(7-5-14)20-12-3-9-19-20;/h3-7,9,12,17H,2,8,10-11,13H2,1H3,(H,18,21);1H. The van der Waals surface area contributed by atoms with Crippen molar-refractivity contribution in [1.82, 2.24) is 20.4 Å². The number of amides is 1. The van der Waals surface area contributed by atoms with Crippen LogP contribution in [-0.4, -0.2) is 35.3 Å². The molecule has 1 amide bonds. The molecule has 0 saturated heterocycles. The largest absolute Gasteiger partial charge is 0.355 e. The van der Waals surface area contributed by atoms with Gasteiger partial charge in [0.2, 0.25) is 5.91 Å². The van der Waals surface area contributed by atoms with Gasteiger partial charge in [0.05, 0.1) is 12.1 Å². The lowest BCUT2D eigenvalue weighted by molar-refractivity contribution is -0.120. The maximum atomic E-state index is 11.8. The fraction of sp³-hybridized carbons (Fsp3) is 0.375. The fourth-order valence-corrected chi connectivity index (χ4v) is 2.03. The summed E-state index contributed by atoms with van der Waals surface area (Å²) < 4.78 is 1.79. The molecular weight excluding hydrogens is 300 g/mol. The summed E-state index contributed by atoms with van der Waals surface area (Å²) in [4.78, 5) is 11.8. The molecule has 0 fully saturated rings. The van der Waals surface area contributed by atoms with Crippen LogP contribution in [0.5, 0.6) is 0 Å². The zero-order chi connectivity index (χ0) is 14.9. The van der Waals surface area contributed by atoms with E-state index in [0.29, 0.717) is 13.0 Å². The molecule has 1 aromatic heterocycles. The lowest BCUT2D eigenvalue weighted by Crippen LogP contribution is -2.32. The number of benzene rings is 1. The van der Waals surface area contributed by atoms with Crippen LogP contribution in [0, 0.1) is 0 Å². The highest BCUT2D eigenvalue weighted by atomic mass is 35.5. The summed E-state index contributed by atoms with van der Waals surface area (Å²) in [5.74, 6) is 0.0557. The Balaban J connectivity index is 0.00000242. The number of hydrogen-bond donors (Lipinski definition) is 2. The summed E-state index contributed by atoms with van der Waals surface area (Å²) in [6.45, 7) is 4.60. The van der Waals surface area contributed by atoms with Gasteiger partial charge in [-0.25, -0.2) is 4.68 Å². The molecular formula is C16H23ClN4O. The van der Waals surface area contributed by atoms with E-state index in [2.05, 4.69) is 22.7 Å². The summed E-state index contributed by atoms with van der Waals surface area (Å²) in [5.41, 5.74) is 2.00. The lowest BCUT2D eigenvalue weighted by Gasteiger charge is -2.07. The maximum Gasteiger partial charge on any atom is 0.224 e. The van der Waals surface area contributed by atoms with Gasteiger partial charge in [-0.2, -0.15) is 5.10 Å². The van der Waals surface area contributed by atoms with Gasteiger partial charge >= 0.3 is 0 Å². The Hall–Kier alpha value is -1.85. The van der Waals surface area contributed by atoms with Crippen molar-refractivity contribution in [3.05, 3.63) is 48.3 Å². The van der Waals surface area contributed by atoms with Gasteiger partial charge in [0.1, 0.15) is 0 Å². The first-order valence-electron chi connectivity index (χ1n) is 7.36. The number of nitrogens with one attached hydrogen (secondary N) is 2. The minimum atomic E-state index is 0. The summed E-state index contributed by atoms with van der Waals surface area (Å²) in [5, 5.41) is 10.3. The fourth-order valence-electron chi connectivity index (χ4n) is 2.03. The second kappa shape index (κ2) is 9.97. The van der Waals surface area contributed by atoms with Crippen LogP contribution in [0.1, 0.15) is 18.9 Å². The molecule has 0 aliphatic carbocycles.